The van der Waals surface area contributed by atoms with E-state index in [2.05, 4.69) is 22.2 Å². The molecule has 1 atom stereocenters. The zero-order valence-electron chi connectivity index (χ0n) is 14.4. The minimum Gasteiger partial charge on any atom is -0.396 e. The lowest BCUT2D eigenvalue weighted by atomic mass is 9.95. The van der Waals surface area contributed by atoms with Gasteiger partial charge in [0.15, 0.2) is 0 Å². The van der Waals surface area contributed by atoms with Crippen molar-refractivity contribution in [1.29, 1.82) is 0 Å². The molecule has 6 heteroatoms. The van der Waals surface area contributed by atoms with Gasteiger partial charge in [-0.3, -0.25) is 4.79 Å². The number of aryl methyl sites for hydroxylation is 1. The molecular formula is C18H26N4O2. The minimum absolute atomic E-state index is 0.167. The van der Waals surface area contributed by atoms with E-state index in [0.717, 1.165) is 36.8 Å². The summed E-state index contributed by atoms with van der Waals surface area (Å²) in [6.07, 6.45) is 4.67. The predicted octanol–water partition coefficient (Wildman–Crippen LogP) is 2.30. The molecule has 2 aromatic rings. The van der Waals surface area contributed by atoms with Crippen LogP contribution in [0.1, 0.15) is 48.7 Å². The molecular weight excluding hydrogens is 304 g/mol. The van der Waals surface area contributed by atoms with Crippen LogP contribution in [-0.4, -0.2) is 34.6 Å². The maximum atomic E-state index is 12.2. The number of carbonyl (C=O) groups excluding carboxylic acids is 1. The second-order valence-electron chi connectivity index (χ2n) is 6.04. The lowest BCUT2D eigenvalue weighted by molar-refractivity contribution is 0.0964. The van der Waals surface area contributed by atoms with Crippen molar-refractivity contribution in [3.63, 3.8) is 0 Å². The summed E-state index contributed by atoms with van der Waals surface area (Å²) in [5.74, 6) is 0.281. The van der Waals surface area contributed by atoms with Crippen LogP contribution in [0.3, 0.4) is 0 Å². The van der Waals surface area contributed by atoms with Crippen LogP contribution in [0.2, 0.25) is 0 Å². The van der Waals surface area contributed by atoms with Gasteiger partial charge in [0.1, 0.15) is 0 Å². The summed E-state index contributed by atoms with van der Waals surface area (Å²) < 4.78 is 0. The van der Waals surface area contributed by atoms with Crippen molar-refractivity contribution < 1.29 is 9.90 Å². The van der Waals surface area contributed by atoms with E-state index in [1.54, 1.807) is 19.2 Å². The Morgan fingerprint density at radius 1 is 1.33 bits per heavy atom. The normalized spacial score (nSPS) is 12.3. The number of hydrogen-bond acceptors (Lipinski definition) is 5. The highest BCUT2D eigenvalue weighted by atomic mass is 16.3. The van der Waals surface area contributed by atoms with Crippen LogP contribution in [0.15, 0.2) is 18.2 Å². The van der Waals surface area contributed by atoms with Crippen LogP contribution >= 0.6 is 0 Å². The molecule has 0 spiro atoms. The highest BCUT2D eigenvalue weighted by molar-refractivity contribution is 6.07. The lowest BCUT2D eigenvalue weighted by Crippen LogP contribution is -2.19. The van der Waals surface area contributed by atoms with Crippen LogP contribution in [0, 0.1) is 5.92 Å². The van der Waals surface area contributed by atoms with E-state index in [-0.39, 0.29) is 24.4 Å². The Bertz CT molecular complexity index is 703. The summed E-state index contributed by atoms with van der Waals surface area (Å²) in [5, 5.41) is 13.0. The molecule has 0 fully saturated rings. The third-order valence-corrected chi connectivity index (χ3v) is 4.30. The van der Waals surface area contributed by atoms with E-state index < -0.39 is 0 Å². The Labute approximate surface area is 142 Å². The van der Waals surface area contributed by atoms with Gasteiger partial charge < -0.3 is 16.2 Å². The minimum atomic E-state index is -0.167. The molecule has 24 heavy (non-hydrogen) atoms. The molecule has 0 radical (unpaired) electrons. The number of aliphatic hydroxyl groups is 1. The summed E-state index contributed by atoms with van der Waals surface area (Å²) >= 11 is 0. The second-order valence-corrected chi connectivity index (χ2v) is 6.04. The van der Waals surface area contributed by atoms with E-state index in [1.165, 1.54) is 0 Å². The number of aliphatic hydroxyl groups excluding tert-OH is 1. The number of benzene rings is 1. The van der Waals surface area contributed by atoms with Crippen LogP contribution in [0.4, 0.5) is 5.95 Å². The fourth-order valence-corrected chi connectivity index (χ4v) is 2.94. The monoisotopic (exact) mass is 330 g/mol. The van der Waals surface area contributed by atoms with E-state index >= 15 is 0 Å². The maximum Gasteiger partial charge on any atom is 0.251 e. The summed E-state index contributed by atoms with van der Waals surface area (Å²) in [6, 6.07) is 5.40. The number of nitrogens with two attached hydrogens (primary N) is 1. The highest BCUT2D eigenvalue weighted by Gasteiger charge is 2.16. The van der Waals surface area contributed by atoms with E-state index in [9.17, 15) is 9.90 Å². The molecule has 4 N–H and O–H groups in total. The molecule has 0 aliphatic heterocycles. The summed E-state index contributed by atoms with van der Waals surface area (Å²) in [6.45, 7) is 2.31. The number of unbranched alkanes of at least 4 members (excludes halogenated alkanes) is 1. The highest BCUT2D eigenvalue weighted by Crippen LogP contribution is 2.24. The van der Waals surface area contributed by atoms with Crippen molar-refractivity contribution in [1.82, 2.24) is 15.3 Å². The number of hydrogen-bond donors (Lipinski definition) is 3. The van der Waals surface area contributed by atoms with Crippen molar-refractivity contribution in [2.75, 3.05) is 19.4 Å². The number of nitrogens with zero attached hydrogens (tertiary/aromatic N) is 2. The average molecular weight is 330 g/mol. The largest absolute Gasteiger partial charge is 0.396 e. The third kappa shape index (κ3) is 4.20. The van der Waals surface area contributed by atoms with Crippen LogP contribution in [-0.2, 0) is 6.42 Å². The quantitative estimate of drug-likeness (QED) is 0.689. The standard InChI is InChI=1S/C18H26N4O2/c1-3-4-6-12(11-23)9-10-15-16-13(17(24)20-2)7-5-8-14(16)21-18(19)22-15/h5,7-8,12,23H,3-4,6,9-11H2,1-2H3,(H,20,24)(H2,19,21,22)/t12-/m0/s1. The molecule has 1 aromatic heterocycles. The Morgan fingerprint density at radius 3 is 2.79 bits per heavy atom. The SMILES string of the molecule is CCCC[C@H](CO)CCc1nc(N)nc2cccc(C(=O)NC)c12. The van der Waals surface area contributed by atoms with E-state index in [0.29, 0.717) is 17.5 Å². The molecule has 0 saturated heterocycles. The first-order valence-corrected chi connectivity index (χ1v) is 8.48. The predicted molar refractivity (Wildman–Crippen MR) is 95.8 cm³/mol. The Morgan fingerprint density at radius 2 is 2.12 bits per heavy atom. The number of aromatic nitrogens is 2. The maximum absolute atomic E-state index is 12.2. The number of anilines is 1. The van der Waals surface area contributed by atoms with Gasteiger partial charge in [-0.2, -0.15) is 0 Å². The smallest absolute Gasteiger partial charge is 0.251 e. The van der Waals surface area contributed by atoms with Gasteiger partial charge in [-0.05, 0) is 37.3 Å². The van der Waals surface area contributed by atoms with Gasteiger partial charge >= 0.3 is 0 Å². The molecule has 0 saturated carbocycles. The Balaban J connectivity index is 2.36. The Kier molecular flexibility index (Phi) is 6.49. The van der Waals surface area contributed by atoms with Gasteiger partial charge in [-0.15, -0.1) is 0 Å². The summed E-state index contributed by atoms with van der Waals surface area (Å²) in [5.41, 5.74) is 7.83. The number of fused-ring (bicyclic) bond motifs is 1. The topological polar surface area (TPSA) is 101 Å². The summed E-state index contributed by atoms with van der Waals surface area (Å²) in [7, 11) is 1.60. The van der Waals surface area contributed by atoms with Crippen LogP contribution < -0.4 is 11.1 Å². The van der Waals surface area contributed by atoms with Gasteiger partial charge in [0.05, 0.1) is 16.8 Å². The second kappa shape index (κ2) is 8.59. The van der Waals surface area contributed by atoms with Gasteiger partial charge in [0.25, 0.3) is 5.91 Å². The van der Waals surface area contributed by atoms with Gasteiger partial charge in [-0.1, -0.05) is 25.8 Å². The van der Waals surface area contributed by atoms with Crippen molar-refractivity contribution in [2.24, 2.45) is 5.92 Å². The number of nitrogen functional groups attached to an aromatic ring is 1. The number of amides is 1. The van der Waals surface area contributed by atoms with E-state index in [4.69, 9.17) is 5.73 Å². The van der Waals surface area contributed by atoms with E-state index in [1.807, 2.05) is 6.07 Å². The molecule has 0 aliphatic carbocycles. The van der Waals surface area contributed by atoms with Gasteiger partial charge in [0.2, 0.25) is 5.95 Å². The van der Waals surface area contributed by atoms with Crippen molar-refractivity contribution in [3.05, 3.63) is 29.5 Å². The van der Waals surface area contributed by atoms with Gasteiger partial charge in [0, 0.05) is 19.0 Å². The summed E-state index contributed by atoms with van der Waals surface area (Å²) in [4.78, 5) is 20.8. The molecule has 1 heterocycles. The Hall–Kier alpha value is -2.21. The molecule has 0 aliphatic rings. The molecule has 0 bridgehead atoms. The van der Waals surface area contributed by atoms with Crippen molar-refractivity contribution in [2.45, 2.75) is 39.0 Å². The van der Waals surface area contributed by atoms with Crippen LogP contribution in [0.25, 0.3) is 10.9 Å². The first kappa shape index (κ1) is 18.1. The fraction of sp³-hybridized carbons (Fsp3) is 0.500. The molecule has 130 valence electrons. The molecule has 2 rings (SSSR count). The number of carbonyl (C=O) groups is 1. The fourth-order valence-electron chi connectivity index (χ4n) is 2.94. The number of rotatable bonds is 8. The first-order chi connectivity index (χ1) is 11.6. The average Bonchev–Trinajstić information content (AvgIpc) is 2.60. The van der Waals surface area contributed by atoms with Crippen molar-refractivity contribution in [3.8, 4) is 0 Å². The van der Waals surface area contributed by atoms with Crippen LogP contribution in [0.5, 0.6) is 0 Å². The molecule has 1 amide bonds. The molecule has 1 aromatic carbocycles. The molecule has 6 nitrogen and oxygen atoms in total. The zero-order chi connectivity index (χ0) is 17.5. The third-order valence-electron chi connectivity index (χ3n) is 4.30. The first-order valence-electron chi connectivity index (χ1n) is 8.48. The molecule has 0 unspecified atom stereocenters. The zero-order valence-corrected chi connectivity index (χ0v) is 14.4. The van der Waals surface area contributed by atoms with Crippen molar-refractivity contribution >= 4 is 22.8 Å². The lowest BCUT2D eigenvalue weighted by Gasteiger charge is -2.15. The number of nitrogens with one attached hydrogen (secondary N) is 1. The van der Waals surface area contributed by atoms with Gasteiger partial charge in [-0.25, -0.2) is 9.97 Å².